The normalized spacial score (nSPS) is 16.1. The minimum atomic E-state index is 0.619. The van der Waals surface area contributed by atoms with Crippen LogP contribution >= 0.6 is 0 Å². The molecule has 0 radical (unpaired) electrons. The summed E-state index contributed by atoms with van der Waals surface area (Å²) in [5.74, 6) is 0. The van der Waals surface area contributed by atoms with Crippen molar-refractivity contribution in [2.75, 3.05) is 11.9 Å². The molecule has 0 bridgehead atoms. The average Bonchev–Trinajstić information content (AvgIpc) is 2.81. The summed E-state index contributed by atoms with van der Waals surface area (Å²) in [5.41, 5.74) is 3.10. The molecule has 0 aliphatic heterocycles. The molecule has 1 aliphatic rings. The fourth-order valence-corrected chi connectivity index (χ4v) is 2.52. The van der Waals surface area contributed by atoms with Crippen LogP contribution in [-0.2, 0) is 0 Å². The van der Waals surface area contributed by atoms with Gasteiger partial charge in [-0.2, -0.15) is 5.26 Å². The van der Waals surface area contributed by atoms with Crippen LogP contribution in [0, 0.1) is 18.3 Å². The molecule has 0 atom stereocenters. The molecule has 0 aromatic heterocycles. The predicted octanol–water partition coefficient (Wildman–Crippen LogP) is 3.25. The Bertz CT molecular complexity index is 411. The molecule has 1 fully saturated rings. The maximum absolute atomic E-state index is 9.12. The summed E-state index contributed by atoms with van der Waals surface area (Å²) in [6, 6.07) is 8.96. The van der Waals surface area contributed by atoms with E-state index in [-0.39, 0.29) is 0 Å². The number of rotatable bonds is 2. The van der Waals surface area contributed by atoms with Gasteiger partial charge in [-0.1, -0.05) is 18.9 Å². The van der Waals surface area contributed by atoms with Crippen molar-refractivity contribution in [2.45, 2.75) is 38.6 Å². The fourth-order valence-electron chi connectivity index (χ4n) is 2.52. The van der Waals surface area contributed by atoms with Crippen molar-refractivity contribution in [3.8, 4) is 6.07 Å². The fraction of sp³-hybridized carbons (Fsp3) is 0.500. The Balaban J connectivity index is 2.31. The summed E-state index contributed by atoms with van der Waals surface area (Å²) in [5, 5.41) is 9.12. The van der Waals surface area contributed by atoms with E-state index in [0.29, 0.717) is 6.04 Å². The number of hydrogen-bond acceptors (Lipinski definition) is 2. The predicted molar refractivity (Wildman–Crippen MR) is 66.6 cm³/mol. The highest BCUT2D eigenvalue weighted by Gasteiger charge is 2.21. The number of anilines is 1. The Morgan fingerprint density at radius 2 is 2.00 bits per heavy atom. The van der Waals surface area contributed by atoms with Crippen LogP contribution in [-0.4, -0.2) is 13.1 Å². The minimum Gasteiger partial charge on any atom is -0.371 e. The van der Waals surface area contributed by atoms with Gasteiger partial charge in [-0.05, 0) is 37.5 Å². The van der Waals surface area contributed by atoms with Crippen LogP contribution in [0.4, 0.5) is 5.69 Å². The van der Waals surface area contributed by atoms with Gasteiger partial charge in [0.05, 0.1) is 11.3 Å². The van der Waals surface area contributed by atoms with Crippen LogP contribution in [0.5, 0.6) is 0 Å². The second-order valence-electron chi connectivity index (χ2n) is 4.68. The van der Waals surface area contributed by atoms with E-state index in [0.717, 1.165) is 11.3 Å². The van der Waals surface area contributed by atoms with E-state index in [4.69, 9.17) is 5.26 Å². The summed E-state index contributed by atoms with van der Waals surface area (Å²) in [6.07, 6.45) is 5.16. The number of nitriles is 1. The first-order valence-corrected chi connectivity index (χ1v) is 5.96. The minimum absolute atomic E-state index is 0.619. The van der Waals surface area contributed by atoms with Crippen LogP contribution in [0.2, 0.25) is 0 Å². The number of benzene rings is 1. The van der Waals surface area contributed by atoms with Crippen molar-refractivity contribution < 1.29 is 0 Å². The lowest BCUT2D eigenvalue weighted by Crippen LogP contribution is -2.29. The molecule has 0 spiro atoms. The number of aryl methyl sites for hydroxylation is 1. The molecule has 16 heavy (non-hydrogen) atoms. The Morgan fingerprint density at radius 3 is 2.62 bits per heavy atom. The molecule has 0 N–H and O–H groups in total. The summed E-state index contributed by atoms with van der Waals surface area (Å²) >= 11 is 0. The van der Waals surface area contributed by atoms with E-state index in [9.17, 15) is 0 Å². The van der Waals surface area contributed by atoms with Gasteiger partial charge in [-0.3, -0.25) is 0 Å². The summed E-state index contributed by atoms with van der Waals surface area (Å²) < 4.78 is 0. The Morgan fingerprint density at radius 1 is 1.31 bits per heavy atom. The van der Waals surface area contributed by atoms with Crippen LogP contribution < -0.4 is 4.90 Å². The monoisotopic (exact) mass is 214 g/mol. The van der Waals surface area contributed by atoms with Gasteiger partial charge in [0, 0.05) is 13.1 Å². The third-order valence-electron chi connectivity index (χ3n) is 3.53. The van der Waals surface area contributed by atoms with Gasteiger partial charge in [0.15, 0.2) is 0 Å². The number of nitrogens with zero attached hydrogens (tertiary/aromatic N) is 2. The third-order valence-corrected chi connectivity index (χ3v) is 3.53. The van der Waals surface area contributed by atoms with Gasteiger partial charge in [0.2, 0.25) is 0 Å². The molecule has 2 heteroatoms. The van der Waals surface area contributed by atoms with E-state index >= 15 is 0 Å². The molecule has 1 aromatic rings. The van der Waals surface area contributed by atoms with E-state index in [2.05, 4.69) is 31.0 Å². The zero-order chi connectivity index (χ0) is 11.5. The van der Waals surface area contributed by atoms with E-state index in [1.807, 2.05) is 12.1 Å². The van der Waals surface area contributed by atoms with Gasteiger partial charge in [-0.15, -0.1) is 0 Å². The zero-order valence-electron chi connectivity index (χ0n) is 10.0. The van der Waals surface area contributed by atoms with E-state index in [1.54, 1.807) is 0 Å². The Labute approximate surface area is 97.5 Å². The summed E-state index contributed by atoms with van der Waals surface area (Å²) in [6.45, 7) is 2.08. The largest absolute Gasteiger partial charge is 0.371 e. The lowest BCUT2D eigenvalue weighted by Gasteiger charge is -2.27. The molecule has 2 nitrogen and oxygen atoms in total. The van der Waals surface area contributed by atoms with Crippen molar-refractivity contribution in [1.29, 1.82) is 5.26 Å². The first kappa shape index (κ1) is 11.0. The van der Waals surface area contributed by atoms with Crippen molar-refractivity contribution in [3.05, 3.63) is 29.3 Å². The zero-order valence-corrected chi connectivity index (χ0v) is 10.0. The highest BCUT2D eigenvalue weighted by molar-refractivity contribution is 5.60. The molecule has 0 saturated heterocycles. The second kappa shape index (κ2) is 4.57. The van der Waals surface area contributed by atoms with E-state index < -0.39 is 0 Å². The lowest BCUT2D eigenvalue weighted by molar-refractivity contribution is 0.652. The van der Waals surface area contributed by atoms with Crippen LogP contribution in [0.3, 0.4) is 0 Å². The molecule has 0 unspecified atom stereocenters. The molecule has 1 saturated carbocycles. The van der Waals surface area contributed by atoms with Crippen molar-refractivity contribution in [3.63, 3.8) is 0 Å². The molecule has 1 aliphatic carbocycles. The SMILES string of the molecule is Cc1ccc(C#N)c(N(C)C2CCCC2)c1. The highest BCUT2D eigenvalue weighted by Crippen LogP contribution is 2.29. The first-order chi connectivity index (χ1) is 7.72. The smallest absolute Gasteiger partial charge is 0.101 e. The topological polar surface area (TPSA) is 27.0 Å². The van der Waals surface area contributed by atoms with Gasteiger partial charge in [-0.25, -0.2) is 0 Å². The summed E-state index contributed by atoms with van der Waals surface area (Å²) in [7, 11) is 2.12. The van der Waals surface area contributed by atoms with Crippen LogP contribution in [0.1, 0.15) is 36.8 Å². The molecule has 2 rings (SSSR count). The maximum Gasteiger partial charge on any atom is 0.101 e. The van der Waals surface area contributed by atoms with Gasteiger partial charge < -0.3 is 4.90 Å². The van der Waals surface area contributed by atoms with Crippen LogP contribution in [0.25, 0.3) is 0 Å². The molecule has 0 heterocycles. The number of hydrogen-bond donors (Lipinski definition) is 0. The first-order valence-electron chi connectivity index (χ1n) is 5.96. The van der Waals surface area contributed by atoms with Crippen molar-refractivity contribution in [2.24, 2.45) is 0 Å². The average molecular weight is 214 g/mol. The Hall–Kier alpha value is -1.49. The molecular formula is C14H18N2. The second-order valence-corrected chi connectivity index (χ2v) is 4.68. The highest BCUT2D eigenvalue weighted by atomic mass is 15.1. The molecule has 1 aromatic carbocycles. The quantitative estimate of drug-likeness (QED) is 0.755. The van der Waals surface area contributed by atoms with Gasteiger partial charge in [0.25, 0.3) is 0 Å². The van der Waals surface area contributed by atoms with Gasteiger partial charge >= 0.3 is 0 Å². The molecule has 0 amide bonds. The van der Waals surface area contributed by atoms with Crippen LogP contribution in [0.15, 0.2) is 18.2 Å². The maximum atomic E-state index is 9.12. The molecular weight excluding hydrogens is 196 g/mol. The Kier molecular flexibility index (Phi) is 3.14. The molecule has 84 valence electrons. The van der Waals surface area contributed by atoms with Crippen molar-refractivity contribution >= 4 is 5.69 Å². The van der Waals surface area contributed by atoms with Crippen molar-refractivity contribution in [1.82, 2.24) is 0 Å². The summed E-state index contributed by atoms with van der Waals surface area (Å²) in [4.78, 5) is 2.29. The standard InChI is InChI=1S/C14H18N2/c1-11-7-8-12(10-15)14(9-11)16(2)13-5-3-4-6-13/h7-9,13H,3-6H2,1-2H3. The van der Waals surface area contributed by atoms with Gasteiger partial charge in [0.1, 0.15) is 6.07 Å². The van der Waals surface area contributed by atoms with E-state index in [1.165, 1.54) is 31.2 Å². The lowest BCUT2D eigenvalue weighted by atomic mass is 10.1. The third kappa shape index (κ3) is 2.04.